The van der Waals surface area contributed by atoms with E-state index in [-0.39, 0.29) is 6.04 Å². The molecule has 76 valence electrons. The normalized spacial score (nSPS) is 14.2. The first kappa shape index (κ1) is 10.9. The minimum absolute atomic E-state index is 0.0804. The third kappa shape index (κ3) is 2.64. The van der Waals surface area contributed by atoms with E-state index in [4.69, 9.17) is 5.73 Å². The predicted octanol–water partition coefficient (Wildman–Crippen LogP) is 2.72. The first-order chi connectivity index (χ1) is 6.50. The lowest BCUT2D eigenvalue weighted by atomic mass is 10.1. The maximum Gasteiger partial charge on any atom is 0.159 e. The number of rotatable bonds is 2. The van der Waals surface area contributed by atoms with E-state index in [1.54, 1.807) is 6.08 Å². The van der Waals surface area contributed by atoms with Crippen LogP contribution < -0.4 is 5.73 Å². The van der Waals surface area contributed by atoms with Crippen molar-refractivity contribution >= 4 is 6.08 Å². The van der Waals surface area contributed by atoms with E-state index in [1.807, 2.05) is 13.8 Å². The molecular formula is C11H13F2N. The van der Waals surface area contributed by atoms with Crippen LogP contribution >= 0.6 is 0 Å². The summed E-state index contributed by atoms with van der Waals surface area (Å²) in [6, 6.07) is 3.70. The van der Waals surface area contributed by atoms with Crippen LogP contribution in [0.4, 0.5) is 8.78 Å². The molecule has 0 bridgehead atoms. The van der Waals surface area contributed by atoms with Crippen molar-refractivity contribution in [1.29, 1.82) is 0 Å². The summed E-state index contributed by atoms with van der Waals surface area (Å²) in [4.78, 5) is 0. The van der Waals surface area contributed by atoms with E-state index in [1.165, 1.54) is 6.07 Å². The Bertz CT molecular complexity index is 356. The Labute approximate surface area is 82.2 Å². The van der Waals surface area contributed by atoms with Crippen LogP contribution in [0, 0.1) is 11.6 Å². The molecule has 1 unspecified atom stereocenters. The Balaban J connectivity index is 2.98. The molecule has 0 aliphatic rings. The van der Waals surface area contributed by atoms with Crippen molar-refractivity contribution in [3.8, 4) is 0 Å². The minimum atomic E-state index is -0.837. The van der Waals surface area contributed by atoms with Gasteiger partial charge in [0.2, 0.25) is 0 Å². The van der Waals surface area contributed by atoms with Gasteiger partial charge in [0.15, 0.2) is 11.6 Å². The Morgan fingerprint density at radius 3 is 2.50 bits per heavy atom. The average molecular weight is 197 g/mol. The number of benzene rings is 1. The molecule has 1 aromatic carbocycles. The van der Waals surface area contributed by atoms with Crippen LogP contribution in [-0.2, 0) is 0 Å². The van der Waals surface area contributed by atoms with Gasteiger partial charge in [-0.2, -0.15) is 0 Å². The number of halogens is 2. The topological polar surface area (TPSA) is 26.0 Å². The van der Waals surface area contributed by atoms with Crippen LogP contribution in [0.5, 0.6) is 0 Å². The average Bonchev–Trinajstić information content (AvgIpc) is 2.11. The zero-order valence-corrected chi connectivity index (χ0v) is 8.22. The molecule has 0 fully saturated rings. The third-order valence-corrected chi connectivity index (χ3v) is 2.06. The second-order valence-electron chi connectivity index (χ2n) is 3.35. The molecule has 0 radical (unpaired) electrons. The highest BCUT2D eigenvalue weighted by Gasteiger charge is 2.02. The zero-order valence-electron chi connectivity index (χ0n) is 8.22. The van der Waals surface area contributed by atoms with E-state index < -0.39 is 11.6 Å². The van der Waals surface area contributed by atoms with Crippen molar-refractivity contribution in [3.05, 3.63) is 41.0 Å². The molecule has 0 spiro atoms. The van der Waals surface area contributed by atoms with Crippen molar-refractivity contribution < 1.29 is 8.78 Å². The van der Waals surface area contributed by atoms with E-state index in [9.17, 15) is 8.78 Å². The van der Waals surface area contributed by atoms with Gasteiger partial charge < -0.3 is 5.73 Å². The first-order valence-corrected chi connectivity index (χ1v) is 4.39. The maximum absolute atomic E-state index is 12.8. The molecule has 0 heterocycles. The second kappa shape index (κ2) is 4.33. The third-order valence-electron chi connectivity index (χ3n) is 2.06. The number of hydrogen-bond acceptors (Lipinski definition) is 1. The largest absolute Gasteiger partial charge is 0.324 e. The van der Waals surface area contributed by atoms with Crippen LogP contribution in [0.1, 0.15) is 19.4 Å². The first-order valence-electron chi connectivity index (χ1n) is 4.39. The monoisotopic (exact) mass is 197 g/mol. The molecule has 14 heavy (non-hydrogen) atoms. The summed E-state index contributed by atoms with van der Waals surface area (Å²) < 4.78 is 25.4. The van der Waals surface area contributed by atoms with Gasteiger partial charge in [-0.25, -0.2) is 8.78 Å². The van der Waals surface area contributed by atoms with Crippen LogP contribution in [-0.4, -0.2) is 6.04 Å². The second-order valence-corrected chi connectivity index (χ2v) is 3.35. The van der Waals surface area contributed by atoms with Gasteiger partial charge in [0, 0.05) is 6.04 Å². The lowest BCUT2D eigenvalue weighted by molar-refractivity contribution is 0.508. The van der Waals surface area contributed by atoms with Crippen LogP contribution in [0.2, 0.25) is 0 Å². The van der Waals surface area contributed by atoms with E-state index in [2.05, 4.69) is 0 Å². The van der Waals surface area contributed by atoms with E-state index in [0.29, 0.717) is 5.56 Å². The van der Waals surface area contributed by atoms with Crippen molar-refractivity contribution in [2.75, 3.05) is 0 Å². The Morgan fingerprint density at radius 2 is 2.00 bits per heavy atom. The molecule has 0 aliphatic heterocycles. The maximum atomic E-state index is 12.8. The van der Waals surface area contributed by atoms with Gasteiger partial charge in [0.1, 0.15) is 0 Å². The molecule has 0 amide bonds. The molecule has 0 aliphatic carbocycles. The number of nitrogens with two attached hydrogens (primary N) is 1. The fourth-order valence-electron chi connectivity index (χ4n) is 0.996. The predicted molar refractivity (Wildman–Crippen MR) is 53.7 cm³/mol. The Hall–Kier alpha value is -1.22. The van der Waals surface area contributed by atoms with Crippen molar-refractivity contribution in [1.82, 2.24) is 0 Å². The molecule has 3 heteroatoms. The summed E-state index contributed by atoms with van der Waals surface area (Å²) in [5, 5.41) is 0. The SMILES string of the molecule is C/C(=C\c1ccc(F)c(F)c1)C(C)N. The van der Waals surface area contributed by atoms with Crippen molar-refractivity contribution in [2.24, 2.45) is 5.73 Å². The van der Waals surface area contributed by atoms with Gasteiger partial charge in [-0.15, -0.1) is 0 Å². The highest BCUT2D eigenvalue weighted by atomic mass is 19.2. The summed E-state index contributed by atoms with van der Waals surface area (Å²) >= 11 is 0. The van der Waals surface area contributed by atoms with Gasteiger partial charge in [-0.1, -0.05) is 17.7 Å². The molecule has 1 nitrogen and oxygen atoms in total. The standard InChI is InChI=1S/C11H13F2N/c1-7(8(2)14)5-9-3-4-10(12)11(13)6-9/h3-6,8H,14H2,1-2H3/b7-5+. The quantitative estimate of drug-likeness (QED) is 0.775. The minimum Gasteiger partial charge on any atom is -0.324 e. The van der Waals surface area contributed by atoms with E-state index in [0.717, 1.165) is 17.7 Å². The lowest BCUT2D eigenvalue weighted by Crippen LogP contribution is -2.15. The van der Waals surface area contributed by atoms with Crippen molar-refractivity contribution in [2.45, 2.75) is 19.9 Å². The molecule has 1 rings (SSSR count). The van der Waals surface area contributed by atoms with Gasteiger partial charge >= 0.3 is 0 Å². The van der Waals surface area contributed by atoms with Crippen LogP contribution in [0.15, 0.2) is 23.8 Å². The summed E-state index contributed by atoms with van der Waals surface area (Å²) in [7, 11) is 0. The molecule has 2 N–H and O–H groups in total. The van der Waals surface area contributed by atoms with Gasteiger partial charge in [-0.05, 0) is 31.5 Å². The summed E-state index contributed by atoms with van der Waals surface area (Å²) in [6.45, 7) is 3.69. The molecular weight excluding hydrogens is 184 g/mol. The summed E-state index contributed by atoms with van der Waals surface area (Å²) in [5.41, 5.74) is 7.17. The van der Waals surface area contributed by atoms with E-state index >= 15 is 0 Å². The smallest absolute Gasteiger partial charge is 0.159 e. The molecule has 0 saturated heterocycles. The number of hydrogen-bond donors (Lipinski definition) is 1. The van der Waals surface area contributed by atoms with Gasteiger partial charge in [-0.3, -0.25) is 0 Å². The zero-order chi connectivity index (χ0) is 10.7. The van der Waals surface area contributed by atoms with Crippen LogP contribution in [0.3, 0.4) is 0 Å². The van der Waals surface area contributed by atoms with Gasteiger partial charge in [0.25, 0.3) is 0 Å². The molecule has 0 aromatic heterocycles. The highest BCUT2D eigenvalue weighted by molar-refractivity contribution is 5.53. The van der Waals surface area contributed by atoms with Crippen molar-refractivity contribution in [3.63, 3.8) is 0 Å². The fraction of sp³-hybridized carbons (Fsp3) is 0.273. The Morgan fingerprint density at radius 1 is 1.36 bits per heavy atom. The highest BCUT2D eigenvalue weighted by Crippen LogP contribution is 2.12. The fourth-order valence-corrected chi connectivity index (χ4v) is 0.996. The van der Waals surface area contributed by atoms with Gasteiger partial charge in [0.05, 0.1) is 0 Å². The molecule has 1 aromatic rings. The summed E-state index contributed by atoms with van der Waals surface area (Å²) in [6.07, 6.45) is 1.74. The molecule has 1 atom stereocenters. The van der Waals surface area contributed by atoms with Crippen LogP contribution in [0.25, 0.3) is 6.08 Å². The molecule has 0 saturated carbocycles. The summed E-state index contributed by atoms with van der Waals surface area (Å²) in [5.74, 6) is -1.67. The lowest BCUT2D eigenvalue weighted by Gasteiger charge is -2.05. The Kier molecular flexibility index (Phi) is 3.36.